The van der Waals surface area contributed by atoms with E-state index in [1.54, 1.807) is 0 Å². The first-order valence-corrected chi connectivity index (χ1v) is 6.19. The Hall–Kier alpha value is -2.80. The Balaban J connectivity index is 0.000000421. The fraction of sp³-hybridized carbons (Fsp3) is 0.333. The monoisotopic (exact) mass is 370 g/mol. The lowest BCUT2D eigenvalue weighted by Gasteiger charge is -1.93. The van der Waals surface area contributed by atoms with Crippen LogP contribution in [0.1, 0.15) is 45.0 Å². The van der Waals surface area contributed by atoms with Crippen LogP contribution in [0.25, 0.3) is 0 Å². The number of carbonyl (C=O) groups is 2. The van der Waals surface area contributed by atoms with Crippen LogP contribution in [0.5, 0.6) is 0 Å². The molecule has 0 spiro atoms. The summed E-state index contributed by atoms with van der Waals surface area (Å²) < 4.78 is 50.3. The first kappa shape index (κ1) is 22.2. The highest BCUT2D eigenvalue weighted by molar-refractivity contribution is 5.88. The molecular formula is C12H14F4N4O5. The van der Waals surface area contributed by atoms with Crippen LogP contribution in [0.4, 0.5) is 17.6 Å². The number of aldehydes is 1. The molecule has 0 radical (unpaired) electrons. The Morgan fingerprint density at radius 2 is 1.48 bits per heavy atom. The normalized spacial score (nSPS) is 10.0. The molecule has 25 heavy (non-hydrogen) atoms. The average Bonchev–Trinajstić information content (AvgIpc) is 3.13. The predicted molar refractivity (Wildman–Crippen MR) is 73.9 cm³/mol. The number of aryl methyl sites for hydroxylation is 2. The summed E-state index contributed by atoms with van der Waals surface area (Å²) >= 11 is 0. The summed E-state index contributed by atoms with van der Waals surface area (Å²) in [6.45, 7) is 0. The standard InChI is InChI=1S/C6H6F2N2O2.C6H6F2N2O.H2O2/c1-10-2-3(6(11)12)4(9-10)5(7)8;1-10-2-4(3-11)5(9-10)6(7)8;1-2/h2,5H,1H3,(H,11,12);2-3,6H,1H3;1-2H. The number of hydrogen-bond donors (Lipinski definition) is 3. The van der Waals surface area contributed by atoms with Crippen molar-refractivity contribution in [1.82, 2.24) is 19.6 Å². The number of alkyl halides is 4. The molecule has 140 valence electrons. The van der Waals surface area contributed by atoms with Gasteiger partial charge < -0.3 is 5.11 Å². The summed E-state index contributed by atoms with van der Waals surface area (Å²) in [7, 11) is 2.87. The molecule has 0 saturated carbocycles. The van der Waals surface area contributed by atoms with Crippen molar-refractivity contribution in [2.45, 2.75) is 12.9 Å². The van der Waals surface area contributed by atoms with Crippen LogP contribution < -0.4 is 0 Å². The summed E-state index contributed by atoms with van der Waals surface area (Å²) in [6.07, 6.45) is -2.86. The molecule has 3 N–H and O–H groups in total. The van der Waals surface area contributed by atoms with Gasteiger partial charge in [0.2, 0.25) is 0 Å². The van der Waals surface area contributed by atoms with Gasteiger partial charge in [-0.05, 0) is 0 Å². The van der Waals surface area contributed by atoms with Gasteiger partial charge in [0.05, 0.1) is 5.56 Å². The molecule has 0 fully saturated rings. The van der Waals surface area contributed by atoms with Gasteiger partial charge in [0.25, 0.3) is 12.9 Å². The minimum absolute atomic E-state index is 0.0532. The van der Waals surface area contributed by atoms with Gasteiger partial charge in [-0.2, -0.15) is 10.2 Å². The number of rotatable bonds is 4. The molecule has 13 heteroatoms. The number of nitrogens with zero attached hydrogens (tertiary/aromatic N) is 4. The third-order valence-electron chi connectivity index (χ3n) is 2.52. The minimum Gasteiger partial charge on any atom is -0.478 e. The van der Waals surface area contributed by atoms with E-state index >= 15 is 0 Å². The fourth-order valence-electron chi connectivity index (χ4n) is 1.62. The Bertz CT molecular complexity index is 702. The molecule has 2 aromatic heterocycles. The van der Waals surface area contributed by atoms with E-state index in [0.717, 1.165) is 10.9 Å². The van der Waals surface area contributed by atoms with Crippen LogP contribution in [0.15, 0.2) is 12.4 Å². The molecule has 0 saturated heterocycles. The van der Waals surface area contributed by atoms with Gasteiger partial charge in [0.15, 0.2) is 6.29 Å². The number of carboxylic acid groups (broad SMARTS) is 1. The van der Waals surface area contributed by atoms with Crippen molar-refractivity contribution in [3.63, 3.8) is 0 Å². The van der Waals surface area contributed by atoms with Gasteiger partial charge in [-0.25, -0.2) is 22.4 Å². The average molecular weight is 370 g/mol. The third kappa shape index (κ3) is 6.31. The molecule has 0 bridgehead atoms. The maximum Gasteiger partial charge on any atom is 0.339 e. The highest BCUT2D eigenvalue weighted by Gasteiger charge is 2.21. The van der Waals surface area contributed by atoms with E-state index in [-0.39, 0.29) is 5.56 Å². The Morgan fingerprint density at radius 3 is 1.80 bits per heavy atom. The number of halogens is 4. The van der Waals surface area contributed by atoms with Crippen LogP contribution >= 0.6 is 0 Å². The van der Waals surface area contributed by atoms with Crippen LogP contribution in [0, 0.1) is 0 Å². The van der Waals surface area contributed by atoms with Crippen molar-refractivity contribution >= 4 is 12.3 Å². The second-order valence-electron chi connectivity index (χ2n) is 4.27. The second-order valence-corrected chi connectivity index (χ2v) is 4.27. The first-order valence-electron chi connectivity index (χ1n) is 6.19. The summed E-state index contributed by atoms with van der Waals surface area (Å²) in [5.74, 6) is -1.39. The number of aromatic nitrogens is 4. The lowest BCUT2D eigenvalue weighted by atomic mass is 10.2. The first-order chi connectivity index (χ1) is 11.7. The second kappa shape index (κ2) is 10.1. The topological polar surface area (TPSA) is 130 Å². The van der Waals surface area contributed by atoms with Gasteiger partial charge in [-0.15, -0.1) is 0 Å². The zero-order valence-electron chi connectivity index (χ0n) is 12.8. The number of hydrogen-bond acceptors (Lipinski definition) is 6. The molecule has 0 atom stereocenters. The smallest absolute Gasteiger partial charge is 0.339 e. The van der Waals surface area contributed by atoms with Crippen molar-refractivity contribution in [3.8, 4) is 0 Å². The predicted octanol–water partition coefficient (Wildman–Crippen LogP) is 2.24. The summed E-state index contributed by atoms with van der Waals surface area (Å²) in [6, 6.07) is 0. The van der Waals surface area contributed by atoms with E-state index in [2.05, 4.69) is 10.2 Å². The fourth-order valence-corrected chi connectivity index (χ4v) is 1.62. The largest absolute Gasteiger partial charge is 0.478 e. The summed E-state index contributed by atoms with van der Waals surface area (Å²) in [5.41, 5.74) is -1.65. The minimum atomic E-state index is -2.85. The highest BCUT2D eigenvalue weighted by Crippen LogP contribution is 2.20. The van der Waals surface area contributed by atoms with Crippen molar-refractivity contribution in [2.75, 3.05) is 0 Å². The van der Waals surface area contributed by atoms with Crippen molar-refractivity contribution in [1.29, 1.82) is 0 Å². The lowest BCUT2D eigenvalue weighted by Crippen LogP contribution is -1.99. The lowest BCUT2D eigenvalue weighted by molar-refractivity contribution is -0.176. The van der Waals surface area contributed by atoms with Gasteiger partial charge in [0.1, 0.15) is 17.0 Å². The molecule has 0 aromatic carbocycles. The summed E-state index contributed by atoms with van der Waals surface area (Å²) in [5, 5.41) is 27.2. The molecule has 9 nitrogen and oxygen atoms in total. The van der Waals surface area contributed by atoms with Crippen LogP contribution in [0.2, 0.25) is 0 Å². The van der Waals surface area contributed by atoms with E-state index < -0.39 is 35.8 Å². The van der Waals surface area contributed by atoms with Crippen LogP contribution in [0.3, 0.4) is 0 Å². The zero-order valence-corrected chi connectivity index (χ0v) is 12.8. The van der Waals surface area contributed by atoms with Gasteiger partial charge >= 0.3 is 5.97 Å². The number of aromatic carboxylic acids is 1. The molecule has 0 aliphatic rings. The van der Waals surface area contributed by atoms with Gasteiger partial charge in [-0.3, -0.25) is 24.7 Å². The quantitative estimate of drug-likeness (QED) is 0.326. The number of carbonyl (C=O) groups excluding carboxylic acids is 1. The Morgan fingerprint density at radius 1 is 1.04 bits per heavy atom. The Kier molecular flexibility index (Phi) is 9.01. The molecule has 0 unspecified atom stereocenters. The molecule has 2 heterocycles. The zero-order chi connectivity index (χ0) is 19.7. The van der Waals surface area contributed by atoms with Crippen LogP contribution in [-0.2, 0) is 14.1 Å². The van der Waals surface area contributed by atoms with E-state index in [1.165, 1.54) is 25.0 Å². The van der Waals surface area contributed by atoms with Crippen molar-refractivity contribution in [2.24, 2.45) is 14.1 Å². The molecular weight excluding hydrogens is 356 g/mol. The number of carboxylic acids is 1. The maximum atomic E-state index is 12.1. The highest BCUT2D eigenvalue weighted by atomic mass is 19.3. The van der Waals surface area contributed by atoms with Gasteiger partial charge in [0, 0.05) is 26.5 Å². The molecule has 2 aromatic rings. The van der Waals surface area contributed by atoms with E-state index in [9.17, 15) is 27.2 Å². The molecule has 0 aliphatic carbocycles. The maximum absolute atomic E-state index is 12.1. The van der Waals surface area contributed by atoms with Crippen molar-refractivity contribution in [3.05, 3.63) is 34.9 Å². The van der Waals surface area contributed by atoms with E-state index in [4.69, 9.17) is 15.6 Å². The van der Waals surface area contributed by atoms with Crippen molar-refractivity contribution < 1.29 is 42.8 Å². The molecule has 0 aliphatic heterocycles. The third-order valence-corrected chi connectivity index (χ3v) is 2.52. The van der Waals surface area contributed by atoms with Crippen LogP contribution in [-0.4, -0.2) is 47.4 Å². The molecule has 2 rings (SSSR count). The van der Waals surface area contributed by atoms with Gasteiger partial charge in [-0.1, -0.05) is 0 Å². The summed E-state index contributed by atoms with van der Waals surface area (Å²) in [4.78, 5) is 20.5. The van der Waals surface area contributed by atoms with E-state index in [1.807, 2.05) is 0 Å². The van der Waals surface area contributed by atoms with E-state index in [0.29, 0.717) is 6.29 Å². The molecule has 0 amide bonds. The SMILES string of the molecule is Cn1cc(C(=O)O)c(C(F)F)n1.Cn1cc(C=O)c(C(F)F)n1.OO. The Labute approximate surface area is 137 Å².